The van der Waals surface area contributed by atoms with E-state index in [0.29, 0.717) is 11.4 Å². The van der Waals surface area contributed by atoms with E-state index in [4.69, 9.17) is 11.1 Å². The lowest BCUT2D eigenvalue weighted by Gasteiger charge is -2.02. The average molecular weight is 191 g/mol. The lowest BCUT2D eigenvalue weighted by atomic mass is 10.1. The van der Waals surface area contributed by atoms with E-state index in [1.807, 2.05) is 12.1 Å². The van der Waals surface area contributed by atoms with E-state index in [1.54, 1.807) is 23.8 Å². The normalized spacial score (nSPS) is 10.5. The standard InChI is InChI=1S/C9H9N3S/c1-5(10)6-2-9-8(3-7(6)11)12-4-13-9/h2-4,10H,11H2,1H3. The van der Waals surface area contributed by atoms with Crippen LogP contribution in [-0.4, -0.2) is 10.7 Å². The van der Waals surface area contributed by atoms with E-state index in [9.17, 15) is 0 Å². The van der Waals surface area contributed by atoms with Crippen LogP contribution in [0.2, 0.25) is 0 Å². The number of aromatic nitrogens is 1. The molecule has 3 N–H and O–H groups in total. The third-order valence-corrected chi connectivity index (χ3v) is 2.70. The van der Waals surface area contributed by atoms with Gasteiger partial charge in [0.05, 0.1) is 15.7 Å². The molecule has 0 amide bonds. The molecule has 0 aliphatic heterocycles. The van der Waals surface area contributed by atoms with Gasteiger partial charge in [-0.3, -0.25) is 0 Å². The molecule has 0 radical (unpaired) electrons. The molecule has 0 atom stereocenters. The largest absolute Gasteiger partial charge is 0.398 e. The van der Waals surface area contributed by atoms with Crippen LogP contribution in [0.1, 0.15) is 12.5 Å². The van der Waals surface area contributed by atoms with Crippen molar-refractivity contribution >= 4 is 33.0 Å². The second-order valence-corrected chi connectivity index (χ2v) is 3.77. The number of fused-ring (bicyclic) bond motifs is 1. The maximum Gasteiger partial charge on any atom is 0.0832 e. The summed E-state index contributed by atoms with van der Waals surface area (Å²) in [4.78, 5) is 4.15. The number of rotatable bonds is 1. The van der Waals surface area contributed by atoms with Crippen molar-refractivity contribution in [2.75, 3.05) is 5.73 Å². The number of thiazole rings is 1. The Kier molecular flexibility index (Phi) is 1.77. The zero-order chi connectivity index (χ0) is 9.42. The molecule has 1 aromatic carbocycles. The monoisotopic (exact) mass is 191 g/mol. The first-order valence-corrected chi connectivity index (χ1v) is 4.74. The highest BCUT2D eigenvalue weighted by molar-refractivity contribution is 7.16. The summed E-state index contributed by atoms with van der Waals surface area (Å²) in [5.74, 6) is 0. The first-order valence-electron chi connectivity index (χ1n) is 3.87. The molecule has 0 saturated carbocycles. The zero-order valence-corrected chi connectivity index (χ0v) is 7.98. The van der Waals surface area contributed by atoms with Gasteiger partial charge in [0, 0.05) is 17.0 Å². The van der Waals surface area contributed by atoms with Crippen molar-refractivity contribution in [2.24, 2.45) is 0 Å². The lowest BCUT2D eigenvalue weighted by molar-refractivity contribution is 1.45. The Hall–Kier alpha value is -1.42. The molecular formula is C9H9N3S. The van der Waals surface area contributed by atoms with Crippen LogP contribution in [-0.2, 0) is 0 Å². The van der Waals surface area contributed by atoms with Crippen molar-refractivity contribution in [3.05, 3.63) is 23.2 Å². The Labute approximate surface area is 79.7 Å². The highest BCUT2D eigenvalue weighted by atomic mass is 32.1. The molecule has 0 bridgehead atoms. The molecule has 0 aliphatic carbocycles. The first-order chi connectivity index (χ1) is 6.18. The van der Waals surface area contributed by atoms with E-state index in [0.717, 1.165) is 15.8 Å². The highest BCUT2D eigenvalue weighted by Crippen LogP contribution is 2.24. The Morgan fingerprint density at radius 2 is 2.31 bits per heavy atom. The van der Waals surface area contributed by atoms with E-state index < -0.39 is 0 Å². The Morgan fingerprint density at radius 1 is 1.54 bits per heavy atom. The minimum absolute atomic E-state index is 0.493. The second-order valence-electron chi connectivity index (χ2n) is 2.88. The SMILES string of the molecule is CC(=N)c1cc2scnc2cc1N. The zero-order valence-electron chi connectivity index (χ0n) is 7.16. The van der Waals surface area contributed by atoms with Crippen LogP contribution in [0.15, 0.2) is 17.6 Å². The smallest absolute Gasteiger partial charge is 0.0832 e. The van der Waals surface area contributed by atoms with Crippen molar-refractivity contribution in [3.8, 4) is 0 Å². The summed E-state index contributed by atoms with van der Waals surface area (Å²) in [6.07, 6.45) is 0. The summed E-state index contributed by atoms with van der Waals surface area (Å²) < 4.78 is 1.08. The molecule has 4 heteroatoms. The molecule has 2 rings (SSSR count). The molecule has 66 valence electrons. The third kappa shape index (κ3) is 1.29. The minimum atomic E-state index is 0.493. The predicted octanol–water partition coefficient (Wildman–Crippen LogP) is 2.27. The summed E-state index contributed by atoms with van der Waals surface area (Å²) in [6.45, 7) is 1.73. The summed E-state index contributed by atoms with van der Waals surface area (Å²) in [5.41, 5.74) is 10.4. The van der Waals surface area contributed by atoms with E-state index in [1.165, 1.54) is 0 Å². The van der Waals surface area contributed by atoms with Crippen LogP contribution in [0.5, 0.6) is 0 Å². The fourth-order valence-corrected chi connectivity index (χ4v) is 1.94. The van der Waals surface area contributed by atoms with Gasteiger partial charge in [0.1, 0.15) is 0 Å². The fraction of sp³-hybridized carbons (Fsp3) is 0.111. The van der Waals surface area contributed by atoms with Gasteiger partial charge in [0.15, 0.2) is 0 Å². The van der Waals surface area contributed by atoms with Crippen molar-refractivity contribution in [3.63, 3.8) is 0 Å². The quantitative estimate of drug-likeness (QED) is 0.536. The Bertz CT molecular complexity index is 473. The molecule has 1 heterocycles. The van der Waals surface area contributed by atoms with Crippen LogP contribution >= 0.6 is 11.3 Å². The van der Waals surface area contributed by atoms with Gasteiger partial charge in [-0.05, 0) is 19.1 Å². The van der Waals surface area contributed by atoms with Gasteiger partial charge in [0.25, 0.3) is 0 Å². The number of hydrogen-bond acceptors (Lipinski definition) is 4. The van der Waals surface area contributed by atoms with Crippen molar-refractivity contribution in [1.29, 1.82) is 5.41 Å². The maximum atomic E-state index is 7.51. The van der Waals surface area contributed by atoms with Crippen LogP contribution in [0, 0.1) is 5.41 Å². The Balaban J connectivity index is 2.76. The molecule has 0 unspecified atom stereocenters. The second kappa shape index (κ2) is 2.81. The summed E-state index contributed by atoms with van der Waals surface area (Å²) in [7, 11) is 0. The fourth-order valence-electron chi connectivity index (χ4n) is 1.24. The molecule has 3 nitrogen and oxygen atoms in total. The Morgan fingerprint density at radius 3 is 3.00 bits per heavy atom. The van der Waals surface area contributed by atoms with E-state index >= 15 is 0 Å². The summed E-state index contributed by atoms with van der Waals surface area (Å²) in [5, 5.41) is 7.51. The van der Waals surface area contributed by atoms with E-state index in [-0.39, 0.29) is 0 Å². The molecule has 0 aliphatic rings. The summed E-state index contributed by atoms with van der Waals surface area (Å²) >= 11 is 1.56. The number of anilines is 1. The topological polar surface area (TPSA) is 62.8 Å². The molecule has 13 heavy (non-hydrogen) atoms. The van der Waals surface area contributed by atoms with Gasteiger partial charge >= 0.3 is 0 Å². The summed E-state index contributed by atoms with van der Waals surface area (Å²) in [6, 6.07) is 3.74. The van der Waals surface area contributed by atoms with Gasteiger partial charge < -0.3 is 11.1 Å². The van der Waals surface area contributed by atoms with Crippen molar-refractivity contribution in [2.45, 2.75) is 6.92 Å². The third-order valence-electron chi connectivity index (χ3n) is 1.91. The molecule has 0 spiro atoms. The van der Waals surface area contributed by atoms with Gasteiger partial charge in [-0.15, -0.1) is 11.3 Å². The lowest BCUT2D eigenvalue weighted by Crippen LogP contribution is -1.98. The van der Waals surface area contributed by atoms with Crippen LogP contribution in [0.25, 0.3) is 10.2 Å². The van der Waals surface area contributed by atoms with Crippen molar-refractivity contribution in [1.82, 2.24) is 4.98 Å². The molecular weight excluding hydrogens is 182 g/mol. The molecule has 1 aromatic heterocycles. The first kappa shape index (κ1) is 8.19. The number of hydrogen-bond donors (Lipinski definition) is 2. The number of nitrogen functional groups attached to an aromatic ring is 1. The highest BCUT2D eigenvalue weighted by Gasteiger charge is 2.05. The van der Waals surface area contributed by atoms with Crippen LogP contribution in [0.4, 0.5) is 5.69 Å². The van der Waals surface area contributed by atoms with E-state index in [2.05, 4.69) is 4.98 Å². The predicted molar refractivity (Wildman–Crippen MR) is 56.5 cm³/mol. The van der Waals surface area contributed by atoms with Crippen LogP contribution in [0.3, 0.4) is 0 Å². The van der Waals surface area contributed by atoms with Gasteiger partial charge in [-0.2, -0.15) is 0 Å². The average Bonchev–Trinajstić information content (AvgIpc) is 2.48. The minimum Gasteiger partial charge on any atom is -0.398 e. The van der Waals surface area contributed by atoms with Crippen LogP contribution < -0.4 is 5.73 Å². The maximum absolute atomic E-state index is 7.51. The molecule has 0 saturated heterocycles. The molecule has 0 fully saturated rings. The number of nitrogens with two attached hydrogens (primary N) is 1. The van der Waals surface area contributed by atoms with Crippen molar-refractivity contribution < 1.29 is 0 Å². The van der Waals surface area contributed by atoms with Gasteiger partial charge in [-0.25, -0.2) is 4.98 Å². The van der Waals surface area contributed by atoms with Gasteiger partial charge in [-0.1, -0.05) is 0 Å². The number of nitrogens with zero attached hydrogens (tertiary/aromatic N) is 1. The number of benzene rings is 1. The molecule has 2 aromatic rings. The van der Waals surface area contributed by atoms with Gasteiger partial charge in [0.2, 0.25) is 0 Å². The number of nitrogens with one attached hydrogen (secondary N) is 1.